The predicted octanol–water partition coefficient (Wildman–Crippen LogP) is 0.879. The monoisotopic (exact) mass is 231 g/mol. The summed E-state index contributed by atoms with van der Waals surface area (Å²) in [4.78, 5) is 12.6. The maximum atomic E-state index is 8.83. The van der Waals surface area contributed by atoms with Gasteiger partial charge in [-0.3, -0.25) is 0 Å². The Bertz CT molecular complexity index is 425. The van der Waals surface area contributed by atoms with Crippen LogP contribution in [0.4, 0.5) is 5.82 Å². The molecule has 2 heterocycles. The molecule has 5 heteroatoms. The third kappa shape index (κ3) is 2.71. The van der Waals surface area contributed by atoms with Crippen LogP contribution < -0.4 is 4.90 Å². The van der Waals surface area contributed by atoms with E-state index in [0.717, 1.165) is 18.9 Å². The van der Waals surface area contributed by atoms with Gasteiger partial charge in [0.15, 0.2) is 0 Å². The molecule has 1 unspecified atom stereocenters. The first-order valence-corrected chi connectivity index (χ1v) is 5.84. The topological polar surface area (TPSA) is 56.0 Å². The van der Waals surface area contributed by atoms with Crippen molar-refractivity contribution in [2.24, 2.45) is 0 Å². The molecule has 1 fully saturated rings. The van der Waals surface area contributed by atoms with E-state index in [1.807, 2.05) is 13.1 Å². The van der Waals surface area contributed by atoms with Crippen LogP contribution in [0.1, 0.15) is 18.5 Å². The average molecular weight is 231 g/mol. The first-order chi connectivity index (χ1) is 8.20. The SMILES string of the molecule is CN1CCCC(N(C)c2cc(C#N)ncn2)C1. The number of nitrogens with zero attached hydrogens (tertiary/aromatic N) is 5. The van der Waals surface area contributed by atoms with Crippen LogP contribution in [0.15, 0.2) is 12.4 Å². The molecule has 17 heavy (non-hydrogen) atoms. The van der Waals surface area contributed by atoms with Gasteiger partial charge in [-0.05, 0) is 26.4 Å². The number of hydrogen-bond acceptors (Lipinski definition) is 5. The Balaban J connectivity index is 2.13. The standard InChI is InChI=1S/C12H17N5/c1-16-5-3-4-11(8-16)17(2)12-6-10(7-13)14-9-15-12/h6,9,11H,3-5,8H2,1-2H3. The zero-order valence-electron chi connectivity index (χ0n) is 10.3. The summed E-state index contributed by atoms with van der Waals surface area (Å²) in [7, 11) is 4.17. The minimum atomic E-state index is 0.422. The number of nitriles is 1. The third-order valence-electron chi connectivity index (χ3n) is 3.28. The van der Waals surface area contributed by atoms with Crippen LogP contribution in [0, 0.1) is 11.3 Å². The number of likely N-dealkylation sites (tertiary alicyclic amines) is 1. The number of rotatable bonds is 2. The van der Waals surface area contributed by atoms with Crippen molar-refractivity contribution in [2.45, 2.75) is 18.9 Å². The summed E-state index contributed by atoms with van der Waals surface area (Å²) in [5.74, 6) is 0.830. The zero-order valence-corrected chi connectivity index (χ0v) is 10.3. The highest BCUT2D eigenvalue weighted by Crippen LogP contribution is 2.19. The first kappa shape index (κ1) is 11.8. The number of likely N-dealkylation sites (N-methyl/N-ethyl adjacent to an activating group) is 2. The summed E-state index contributed by atoms with van der Waals surface area (Å²) in [5.41, 5.74) is 0.422. The summed E-state index contributed by atoms with van der Waals surface area (Å²) >= 11 is 0. The lowest BCUT2D eigenvalue weighted by Crippen LogP contribution is -2.45. The van der Waals surface area contributed by atoms with E-state index < -0.39 is 0 Å². The normalized spacial score (nSPS) is 20.9. The highest BCUT2D eigenvalue weighted by molar-refractivity contribution is 5.42. The summed E-state index contributed by atoms with van der Waals surface area (Å²) in [6.07, 6.45) is 3.84. The molecule has 0 radical (unpaired) electrons. The van der Waals surface area contributed by atoms with Gasteiger partial charge in [0, 0.05) is 25.7 Å². The molecule has 0 amide bonds. The largest absolute Gasteiger partial charge is 0.355 e. The van der Waals surface area contributed by atoms with Gasteiger partial charge in [-0.1, -0.05) is 0 Å². The van der Waals surface area contributed by atoms with Crippen LogP contribution in [0.3, 0.4) is 0 Å². The van der Waals surface area contributed by atoms with Gasteiger partial charge in [0.25, 0.3) is 0 Å². The van der Waals surface area contributed by atoms with Gasteiger partial charge in [-0.25, -0.2) is 9.97 Å². The molecule has 1 atom stereocenters. The van der Waals surface area contributed by atoms with Crippen molar-refractivity contribution < 1.29 is 0 Å². The minimum absolute atomic E-state index is 0.422. The van der Waals surface area contributed by atoms with E-state index in [-0.39, 0.29) is 0 Å². The molecule has 0 spiro atoms. The number of anilines is 1. The number of piperidine rings is 1. The minimum Gasteiger partial charge on any atom is -0.355 e. The second-order valence-electron chi connectivity index (χ2n) is 4.54. The molecular formula is C12H17N5. The zero-order chi connectivity index (χ0) is 12.3. The van der Waals surface area contributed by atoms with Crippen LogP contribution in [-0.2, 0) is 0 Å². The molecule has 0 aliphatic carbocycles. The van der Waals surface area contributed by atoms with E-state index in [9.17, 15) is 0 Å². The predicted molar refractivity (Wildman–Crippen MR) is 65.7 cm³/mol. The molecule has 5 nitrogen and oxygen atoms in total. The molecular weight excluding hydrogens is 214 g/mol. The van der Waals surface area contributed by atoms with E-state index in [2.05, 4.69) is 26.8 Å². The molecule has 1 aliphatic heterocycles. The molecule has 0 N–H and O–H groups in total. The molecule has 1 aliphatic rings. The molecule has 0 saturated carbocycles. The highest BCUT2D eigenvalue weighted by Gasteiger charge is 2.22. The van der Waals surface area contributed by atoms with Crippen molar-refractivity contribution in [3.05, 3.63) is 18.1 Å². The van der Waals surface area contributed by atoms with Gasteiger partial charge in [0.05, 0.1) is 0 Å². The smallest absolute Gasteiger partial charge is 0.145 e. The maximum absolute atomic E-state index is 8.83. The fourth-order valence-electron chi connectivity index (χ4n) is 2.24. The Kier molecular flexibility index (Phi) is 3.55. The summed E-state index contributed by atoms with van der Waals surface area (Å²) in [6, 6.07) is 4.26. The van der Waals surface area contributed by atoms with Crippen LogP contribution in [0.2, 0.25) is 0 Å². The summed E-state index contributed by atoms with van der Waals surface area (Å²) < 4.78 is 0. The second kappa shape index (κ2) is 5.11. The first-order valence-electron chi connectivity index (χ1n) is 5.84. The highest BCUT2D eigenvalue weighted by atomic mass is 15.2. The number of aromatic nitrogens is 2. The molecule has 1 saturated heterocycles. The lowest BCUT2D eigenvalue weighted by Gasteiger charge is -2.36. The van der Waals surface area contributed by atoms with Crippen molar-refractivity contribution in [1.82, 2.24) is 14.9 Å². The Morgan fingerprint density at radius 2 is 2.35 bits per heavy atom. The van der Waals surface area contributed by atoms with Crippen molar-refractivity contribution in [1.29, 1.82) is 5.26 Å². The van der Waals surface area contributed by atoms with E-state index in [0.29, 0.717) is 11.7 Å². The van der Waals surface area contributed by atoms with Gasteiger partial charge in [0.2, 0.25) is 0 Å². The van der Waals surface area contributed by atoms with Gasteiger partial charge in [0.1, 0.15) is 23.9 Å². The quantitative estimate of drug-likeness (QED) is 0.756. The fourth-order valence-corrected chi connectivity index (χ4v) is 2.24. The van der Waals surface area contributed by atoms with E-state index in [4.69, 9.17) is 5.26 Å². The Hall–Kier alpha value is -1.67. The molecule has 0 bridgehead atoms. The Morgan fingerprint density at radius 3 is 3.06 bits per heavy atom. The van der Waals surface area contributed by atoms with Crippen molar-refractivity contribution in [3.8, 4) is 6.07 Å². The van der Waals surface area contributed by atoms with Gasteiger partial charge >= 0.3 is 0 Å². The van der Waals surface area contributed by atoms with Crippen LogP contribution in [-0.4, -0.2) is 48.1 Å². The van der Waals surface area contributed by atoms with E-state index in [1.165, 1.54) is 19.2 Å². The maximum Gasteiger partial charge on any atom is 0.145 e. The summed E-state index contributed by atoms with van der Waals surface area (Å²) in [6.45, 7) is 2.21. The van der Waals surface area contributed by atoms with E-state index >= 15 is 0 Å². The number of hydrogen-bond donors (Lipinski definition) is 0. The van der Waals surface area contributed by atoms with Gasteiger partial charge in [-0.15, -0.1) is 0 Å². The Morgan fingerprint density at radius 1 is 1.53 bits per heavy atom. The summed E-state index contributed by atoms with van der Waals surface area (Å²) in [5, 5.41) is 8.83. The van der Waals surface area contributed by atoms with E-state index in [1.54, 1.807) is 6.07 Å². The van der Waals surface area contributed by atoms with Crippen LogP contribution in [0.5, 0.6) is 0 Å². The molecule has 1 aromatic rings. The van der Waals surface area contributed by atoms with Gasteiger partial charge in [-0.2, -0.15) is 5.26 Å². The van der Waals surface area contributed by atoms with Crippen LogP contribution >= 0.6 is 0 Å². The molecule has 90 valence electrons. The lowest BCUT2D eigenvalue weighted by atomic mass is 10.1. The molecule has 2 rings (SSSR count). The van der Waals surface area contributed by atoms with Gasteiger partial charge < -0.3 is 9.80 Å². The second-order valence-corrected chi connectivity index (χ2v) is 4.54. The lowest BCUT2D eigenvalue weighted by molar-refractivity contribution is 0.247. The third-order valence-corrected chi connectivity index (χ3v) is 3.28. The van der Waals surface area contributed by atoms with Crippen molar-refractivity contribution >= 4 is 5.82 Å². The average Bonchev–Trinajstić information content (AvgIpc) is 2.38. The van der Waals surface area contributed by atoms with Crippen LogP contribution in [0.25, 0.3) is 0 Å². The Labute approximate surface area is 102 Å². The fraction of sp³-hybridized carbons (Fsp3) is 0.583. The van der Waals surface area contributed by atoms with Crippen molar-refractivity contribution in [2.75, 3.05) is 32.1 Å². The molecule has 0 aromatic carbocycles. The van der Waals surface area contributed by atoms with Crippen molar-refractivity contribution in [3.63, 3.8) is 0 Å². The molecule has 1 aromatic heterocycles.